The lowest BCUT2D eigenvalue weighted by Crippen LogP contribution is -2.29. The molecule has 1 aromatic carbocycles. The first kappa shape index (κ1) is 15.3. The van der Waals surface area contributed by atoms with Crippen molar-refractivity contribution >= 4 is 51.4 Å². The normalized spacial score (nSPS) is 17.4. The number of carbonyl (C=O) groups excluding carboxylic acids is 2. The molecular formula is C14H10Cl2N2O3S. The van der Waals surface area contributed by atoms with Gasteiger partial charge in [-0.25, -0.2) is 4.98 Å². The lowest BCUT2D eigenvalue weighted by atomic mass is 9.94. The molecule has 114 valence electrons. The van der Waals surface area contributed by atoms with Crippen molar-refractivity contribution in [1.82, 2.24) is 4.98 Å². The van der Waals surface area contributed by atoms with Crippen molar-refractivity contribution in [2.75, 3.05) is 11.9 Å². The number of ether oxygens (including phenoxy) is 1. The van der Waals surface area contributed by atoms with Crippen LogP contribution in [-0.4, -0.2) is 23.3 Å². The topological polar surface area (TPSA) is 68.3 Å². The molecule has 0 radical (unpaired) electrons. The molecule has 0 aliphatic carbocycles. The number of fused-ring (bicyclic) bond motifs is 1. The van der Waals surface area contributed by atoms with Crippen LogP contribution in [0.1, 0.15) is 16.8 Å². The summed E-state index contributed by atoms with van der Waals surface area (Å²) < 4.78 is 5.51. The number of nitrogens with zero attached hydrogens (tertiary/aromatic N) is 1. The summed E-state index contributed by atoms with van der Waals surface area (Å²) in [7, 11) is 0. The predicted molar refractivity (Wildman–Crippen MR) is 85.1 cm³/mol. The highest BCUT2D eigenvalue weighted by Gasteiger charge is 2.33. The van der Waals surface area contributed by atoms with E-state index in [-0.39, 0.29) is 29.4 Å². The minimum absolute atomic E-state index is 0.243. The number of hydrogen-bond acceptors (Lipinski definition) is 5. The Kier molecular flexibility index (Phi) is 4.33. The molecule has 0 spiro atoms. The number of carbonyl (C=O) groups is 2. The summed E-state index contributed by atoms with van der Waals surface area (Å²) in [6.45, 7) is 0.243. The van der Waals surface area contributed by atoms with Gasteiger partial charge in [0.25, 0.3) is 0 Å². The van der Waals surface area contributed by atoms with Gasteiger partial charge < -0.3 is 10.1 Å². The van der Waals surface area contributed by atoms with Crippen molar-refractivity contribution in [3.63, 3.8) is 0 Å². The summed E-state index contributed by atoms with van der Waals surface area (Å²) in [5, 5.41) is 5.39. The molecule has 8 heteroatoms. The number of rotatable bonds is 2. The fourth-order valence-electron chi connectivity index (χ4n) is 2.17. The number of Topliss-reactive ketones (excluding diaryl/α,β-unsaturated/α-hetero) is 1. The van der Waals surface area contributed by atoms with Gasteiger partial charge in [0, 0.05) is 24.1 Å². The van der Waals surface area contributed by atoms with Crippen LogP contribution in [0, 0.1) is 5.92 Å². The van der Waals surface area contributed by atoms with Gasteiger partial charge in [-0.3, -0.25) is 9.59 Å². The number of benzene rings is 1. The molecule has 1 atom stereocenters. The number of nitrogens with one attached hydrogen (secondary N) is 1. The molecule has 0 saturated heterocycles. The molecule has 5 nitrogen and oxygen atoms in total. The summed E-state index contributed by atoms with van der Waals surface area (Å²) >= 11 is 13.2. The van der Waals surface area contributed by atoms with E-state index in [2.05, 4.69) is 10.3 Å². The minimum atomic E-state index is -0.845. The van der Waals surface area contributed by atoms with Crippen LogP contribution in [0.15, 0.2) is 23.7 Å². The Morgan fingerprint density at radius 2 is 2.14 bits per heavy atom. The highest BCUT2D eigenvalue weighted by atomic mass is 35.5. The zero-order valence-electron chi connectivity index (χ0n) is 11.1. The lowest BCUT2D eigenvalue weighted by molar-refractivity contribution is -0.118. The molecule has 1 unspecified atom stereocenters. The molecule has 3 rings (SSSR count). The van der Waals surface area contributed by atoms with Crippen LogP contribution < -0.4 is 10.1 Å². The van der Waals surface area contributed by atoms with Gasteiger partial charge >= 0.3 is 0 Å². The largest absolute Gasteiger partial charge is 0.493 e. The van der Waals surface area contributed by atoms with E-state index in [0.717, 1.165) is 0 Å². The van der Waals surface area contributed by atoms with E-state index in [1.165, 1.54) is 23.5 Å². The average molecular weight is 357 g/mol. The second kappa shape index (κ2) is 6.24. The lowest BCUT2D eigenvalue weighted by Gasteiger charge is -2.11. The molecule has 1 aromatic heterocycles. The second-order valence-corrected chi connectivity index (χ2v) is 6.35. The quantitative estimate of drug-likeness (QED) is 0.833. The van der Waals surface area contributed by atoms with Gasteiger partial charge in [-0.15, -0.1) is 11.3 Å². The van der Waals surface area contributed by atoms with Crippen LogP contribution in [-0.2, 0) is 4.79 Å². The molecule has 1 aliphatic heterocycles. The van der Waals surface area contributed by atoms with Gasteiger partial charge in [-0.1, -0.05) is 23.2 Å². The monoisotopic (exact) mass is 356 g/mol. The van der Waals surface area contributed by atoms with E-state index < -0.39 is 11.8 Å². The zero-order chi connectivity index (χ0) is 15.7. The molecule has 0 bridgehead atoms. The van der Waals surface area contributed by atoms with Crippen LogP contribution in [0.4, 0.5) is 5.13 Å². The van der Waals surface area contributed by atoms with E-state index in [0.29, 0.717) is 15.9 Å². The highest BCUT2D eigenvalue weighted by Crippen LogP contribution is 2.34. The van der Waals surface area contributed by atoms with E-state index in [1.807, 2.05) is 0 Å². The third-order valence-corrected chi connectivity index (χ3v) is 4.66. The van der Waals surface area contributed by atoms with Crippen LogP contribution in [0.25, 0.3) is 0 Å². The fraction of sp³-hybridized carbons (Fsp3) is 0.214. The Hall–Kier alpha value is -1.63. The molecule has 22 heavy (non-hydrogen) atoms. The molecule has 2 heterocycles. The van der Waals surface area contributed by atoms with E-state index in [4.69, 9.17) is 27.9 Å². The third-order valence-electron chi connectivity index (χ3n) is 3.25. The summed E-state index contributed by atoms with van der Waals surface area (Å²) in [5.74, 6) is -1.23. The number of amides is 1. The van der Waals surface area contributed by atoms with Crippen molar-refractivity contribution in [2.45, 2.75) is 6.42 Å². The summed E-state index contributed by atoms with van der Waals surface area (Å²) in [5.41, 5.74) is 0.270. The number of hydrogen-bond donors (Lipinski definition) is 1. The predicted octanol–water partition coefficient (Wildman–Crippen LogP) is 3.67. The van der Waals surface area contributed by atoms with Gasteiger partial charge in [-0.2, -0.15) is 0 Å². The van der Waals surface area contributed by atoms with Crippen molar-refractivity contribution in [2.24, 2.45) is 5.92 Å². The Bertz CT molecular complexity index is 734. The van der Waals surface area contributed by atoms with Gasteiger partial charge in [0.2, 0.25) is 5.91 Å². The van der Waals surface area contributed by atoms with Crippen LogP contribution in [0.2, 0.25) is 10.0 Å². The fourth-order valence-corrected chi connectivity index (χ4v) is 3.02. The Labute approximate surface area is 140 Å². The maximum Gasteiger partial charge on any atom is 0.237 e. The SMILES string of the molecule is O=C(Nc1nccs1)C1CCOc2cc(Cl)c(Cl)cc2C1=O. The van der Waals surface area contributed by atoms with Gasteiger partial charge in [0.05, 0.1) is 22.2 Å². The first-order chi connectivity index (χ1) is 10.6. The smallest absolute Gasteiger partial charge is 0.237 e. The van der Waals surface area contributed by atoms with Gasteiger partial charge in [0.1, 0.15) is 11.7 Å². The molecule has 1 amide bonds. The molecule has 0 saturated carbocycles. The molecule has 1 N–H and O–H groups in total. The maximum atomic E-state index is 12.6. The molecule has 0 fully saturated rings. The van der Waals surface area contributed by atoms with Gasteiger partial charge in [-0.05, 0) is 6.07 Å². The number of ketones is 1. The van der Waals surface area contributed by atoms with Crippen molar-refractivity contribution in [3.8, 4) is 5.75 Å². The van der Waals surface area contributed by atoms with Crippen molar-refractivity contribution < 1.29 is 14.3 Å². The first-order valence-electron chi connectivity index (χ1n) is 6.42. The Morgan fingerprint density at radius 3 is 2.86 bits per heavy atom. The standard InChI is InChI=1S/C14H10Cl2N2O3S/c15-9-5-8-11(6-10(9)16)21-3-1-7(12(8)19)13(20)18-14-17-2-4-22-14/h2,4-7H,1,3H2,(H,17,18,20). The van der Waals surface area contributed by atoms with E-state index >= 15 is 0 Å². The Morgan fingerprint density at radius 1 is 1.36 bits per heavy atom. The summed E-state index contributed by atoms with van der Waals surface area (Å²) in [6, 6.07) is 2.94. The Balaban J connectivity index is 1.89. The van der Waals surface area contributed by atoms with Crippen molar-refractivity contribution in [1.29, 1.82) is 0 Å². The van der Waals surface area contributed by atoms with Gasteiger partial charge in [0.15, 0.2) is 10.9 Å². The van der Waals surface area contributed by atoms with Crippen LogP contribution in [0.3, 0.4) is 0 Å². The number of halogens is 2. The average Bonchev–Trinajstić information content (AvgIpc) is 2.93. The van der Waals surface area contributed by atoms with E-state index in [9.17, 15) is 9.59 Å². The van der Waals surface area contributed by atoms with Crippen molar-refractivity contribution in [3.05, 3.63) is 39.3 Å². The first-order valence-corrected chi connectivity index (χ1v) is 8.06. The summed E-state index contributed by atoms with van der Waals surface area (Å²) in [4.78, 5) is 28.9. The molecule has 2 aromatic rings. The maximum absolute atomic E-state index is 12.6. The van der Waals surface area contributed by atoms with Crippen LogP contribution >= 0.6 is 34.5 Å². The molecular weight excluding hydrogens is 347 g/mol. The highest BCUT2D eigenvalue weighted by molar-refractivity contribution is 7.13. The number of aromatic nitrogens is 1. The van der Waals surface area contributed by atoms with Crippen LogP contribution in [0.5, 0.6) is 5.75 Å². The zero-order valence-corrected chi connectivity index (χ0v) is 13.5. The number of anilines is 1. The minimum Gasteiger partial charge on any atom is -0.493 e. The number of thiazole rings is 1. The summed E-state index contributed by atoms with van der Waals surface area (Å²) in [6.07, 6.45) is 1.86. The third kappa shape index (κ3) is 2.95. The van der Waals surface area contributed by atoms with E-state index in [1.54, 1.807) is 11.6 Å². The second-order valence-electron chi connectivity index (χ2n) is 4.64. The molecule has 1 aliphatic rings.